The molecule has 0 radical (unpaired) electrons. The first-order chi connectivity index (χ1) is 9.51. The molecule has 1 atom stereocenters. The van der Waals surface area contributed by atoms with Crippen molar-refractivity contribution in [3.8, 4) is 0 Å². The van der Waals surface area contributed by atoms with Crippen molar-refractivity contribution in [3.63, 3.8) is 0 Å². The van der Waals surface area contributed by atoms with Crippen LogP contribution in [-0.4, -0.2) is 6.54 Å². The zero-order valence-corrected chi connectivity index (χ0v) is 12.8. The molecule has 0 aliphatic carbocycles. The summed E-state index contributed by atoms with van der Waals surface area (Å²) in [5.74, 6) is -0.145. The molecule has 0 amide bonds. The van der Waals surface area contributed by atoms with E-state index in [1.165, 1.54) is 5.56 Å². The fourth-order valence-corrected chi connectivity index (χ4v) is 2.75. The Morgan fingerprint density at radius 2 is 1.70 bits per heavy atom. The summed E-state index contributed by atoms with van der Waals surface area (Å²) in [5.41, 5.74) is 1.31. The third-order valence-electron chi connectivity index (χ3n) is 4.32. The Balaban J connectivity index is 2.63. The standard InChI is InChI=1S/C18H24FN/c1-5-18(3,4)17(20-6-2)15-11-12-16(19)14-10-8-7-9-13(14)15/h7-12,17,20H,5-6H2,1-4H3. The first kappa shape index (κ1) is 15.0. The van der Waals surface area contributed by atoms with Gasteiger partial charge in [0.15, 0.2) is 0 Å². The van der Waals surface area contributed by atoms with E-state index in [2.05, 4.69) is 33.0 Å². The number of hydrogen-bond acceptors (Lipinski definition) is 1. The van der Waals surface area contributed by atoms with Crippen LogP contribution in [0.2, 0.25) is 0 Å². The van der Waals surface area contributed by atoms with Crippen LogP contribution in [0.4, 0.5) is 4.39 Å². The molecule has 1 N–H and O–H groups in total. The van der Waals surface area contributed by atoms with Crippen molar-refractivity contribution in [1.82, 2.24) is 5.32 Å². The zero-order valence-electron chi connectivity index (χ0n) is 12.8. The molecule has 0 saturated heterocycles. The van der Waals surface area contributed by atoms with Gasteiger partial charge < -0.3 is 5.32 Å². The van der Waals surface area contributed by atoms with Crippen molar-refractivity contribution in [2.24, 2.45) is 5.41 Å². The Hall–Kier alpha value is -1.41. The minimum Gasteiger partial charge on any atom is -0.310 e. The molecular formula is C18H24FN. The molecule has 0 aromatic heterocycles. The number of halogens is 1. The van der Waals surface area contributed by atoms with Gasteiger partial charge in [0.05, 0.1) is 0 Å². The molecule has 1 nitrogen and oxygen atoms in total. The van der Waals surface area contributed by atoms with E-state index in [1.54, 1.807) is 6.07 Å². The summed E-state index contributed by atoms with van der Waals surface area (Å²) in [5, 5.41) is 5.30. The van der Waals surface area contributed by atoms with E-state index in [0.717, 1.165) is 18.4 Å². The third-order valence-corrected chi connectivity index (χ3v) is 4.32. The molecule has 2 aromatic rings. The highest BCUT2D eigenvalue weighted by Crippen LogP contribution is 2.39. The molecule has 0 fully saturated rings. The quantitative estimate of drug-likeness (QED) is 0.802. The maximum atomic E-state index is 14.0. The summed E-state index contributed by atoms with van der Waals surface area (Å²) in [7, 11) is 0. The summed E-state index contributed by atoms with van der Waals surface area (Å²) in [6.07, 6.45) is 1.07. The first-order valence-electron chi connectivity index (χ1n) is 7.41. The maximum Gasteiger partial charge on any atom is 0.131 e. The van der Waals surface area contributed by atoms with Crippen molar-refractivity contribution in [3.05, 3.63) is 47.8 Å². The molecule has 2 heteroatoms. The van der Waals surface area contributed by atoms with Gasteiger partial charge in [-0.25, -0.2) is 4.39 Å². The van der Waals surface area contributed by atoms with Crippen LogP contribution in [0.3, 0.4) is 0 Å². The van der Waals surface area contributed by atoms with Crippen molar-refractivity contribution < 1.29 is 4.39 Å². The van der Waals surface area contributed by atoms with Crippen LogP contribution in [0.1, 0.15) is 45.7 Å². The molecule has 0 saturated carbocycles. The smallest absolute Gasteiger partial charge is 0.131 e. The normalized spacial score (nSPS) is 13.7. The highest BCUT2D eigenvalue weighted by Gasteiger charge is 2.29. The first-order valence-corrected chi connectivity index (χ1v) is 7.41. The van der Waals surface area contributed by atoms with Crippen LogP contribution in [0.15, 0.2) is 36.4 Å². The second-order valence-corrected chi connectivity index (χ2v) is 6.02. The summed E-state index contributed by atoms with van der Waals surface area (Å²) in [6.45, 7) is 9.75. The maximum absolute atomic E-state index is 14.0. The Morgan fingerprint density at radius 3 is 2.30 bits per heavy atom. The van der Waals surface area contributed by atoms with Crippen molar-refractivity contribution in [2.75, 3.05) is 6.54 Å². The molecule has 0 spiro atoms. The minimum atomic E-state index is -0.145. The fourth-order valence-electron chi connectivity index (χ4n) is 2.75. The summed E-state index contributed by atoms with van der Waals surface area (Å²) >= 11 is 0. The lowest BCUT2D eigenvalue weighted by atomic mass is 9.77. The van der Waals surface area contributed by atoms with Crippen LogP contribution in [0.5, 0.6) is 0 Å². The van der Waals surface area contributed by atoms with Crippen LogP contribution < -0.4 is 5.32 Å². The van der Waals surface area contributed by atoms with Crippen LogP contribution in [0, 0.1) is 11.2 Å². The van der Waals surface area contributed by atoms with Gasteiger partial charge in [0.2, 0.25) is 0 Å². The van der Waals surface area contributed by atoms with Gasteiger partial charge in [0.25, 0.3) is 0 Å². The van der Waals surface area contributed by atoms with E-state index in [0.29, 0.717) is 5.39 Å². The minimum absolute atomic E-state index is 0.122. The Bertz CT molecular complexity index is 589. The van der Waals surface area contributed by atoms with Gasteiger partial charge in [-0.3, -0.25) is 0 Å². The van der Waals surface area contributed by atoms with E-state index in [4.69, 9.17) is 0 Å². The van der Waals surface area contributed by atoms with Crippen LogP contribution in [-0.2, 0) is 0 Å². The Labute approximate surface area is 121 Å². The summed E-state index contributed by atoms with van der Waals surface area (Å²) in [6, 6.07) is 11.5. The molecule has 0 heterocycles. The fraction of sp³-hybridized carbons (Fsp3) is 0.444. The predicted molar refractivity (Wildman–Crippen MR) is 84.4 cm³/mol. The van der Waals surface area contributed by atoms with E-state index < -0.39 is 0 Å². The van der Waals surface area contributed by atoms with E-state index in [9.17, 15) is 4.39 Å². The summed E-state index contributed by atoms with van der Waals surface area (Å²) in [4.78, 5) is 0. The van der Waals surface area contributed by atoms with Gasteiger partial charge in [0, 0.05) is 11.4 Å². The third kappa shape index (κ3) is 2.71. The number of rotatable bonds is 5. The molecule has 2 rings (SSSR count). The lowest BCUT2D eigenvalue weighted by molar-refractivity contribution is 0.238. The number of hydrogen-bond donors (Lipinski definition) is 1. The van der Waals surface area contributed by atoms with Gasteiger partial charge in [-0.05, 0) is 35.4 Å². The van der Waals surface area contributed by atoms with Gasteiger partial charge in [-0.2, -0.15) is 0 Å². The zero-order chi connectivity index (χ0) is 14.8. The van der Waals surface area contributed by atoms with Crippen molar-refractivity contribution in [1.29, 1.82) is 0 Å². The second-order valence-electron chi connectivity index (χ2n) is 6.02. The lowest BCUT2D eigenvalue weighted by Gasteiger charge is -2.35. The Kier molecular flexibility index (Phi) is 4.44. The van der Waals surface area contributed by atoms with Crippen molar-refractivity contribution >= 4 is 10.8 Å². The van der Waals surface area contributed by atoms with Gasteiger partial charge in [0.1, 0.15) is 5.82 Å². The number of benzene rings is 2. The highest BCUT2D eigenvalue weighted by atomic mass is 19.1. The SMILES string of the molecule is CCNC(c1ccc(F)c2ccccc12)C(C)(C)CC. The number of fused-ring (bicyclic) bond motifs is 1. The van der Waals surface area contributed by atoms with E-state index in [1.807, 2.05) is 30.3 Å². The van der Waals surface area contributed by atoms with Crippen LogP contribution >= 0.6 is 0 Å². The molecule has 0 bridgehead atoms. The predicted octanol–water partition coefficient (Wildman–Crippen LogP) is 5.07. The molecule has 108 valence electrons. The average molecular weight is 273 g/mol. The summed E-state index contributed by atoms with van der Waals surface area (Å²) < 4.78 is 14.0. The molecule has 0 aliphatic rings. The van der Waals surface area contributed by atoms with E-state index >= 15 is 0 Å². The topological polar surface area (TPSA) is 12.0 Å². The average Bonchev–Trinajstić information content (AvgIpc) is 2.46. The van der Waals surface area contributed by atoms with E-state index in [-0.39, 0.29) is 17.3 Å². The van der Waals surface area contributed by atoms with Gasteiger partial charge in [-0.1, -0.05) is 58.0 Å². The van der Waals surface area contributed by atoms with Crippen molar-refractivity contribution in [2.45, 2.75) is 40.2 Å². The molecular weight excluding hydrogens is 249 g/mol. The molecule has 0 aliphatic heterocycles. The monoisotopic (exact) mass is 273 g/mol. The molecule has 1 unspecified atom stereocenters. The molecule has 20 heavy (non-hydrogen) atoms. The highest BCUT2D eigenvalue weighted by molar-refractivity contribution is 5.86. The largest absolute Gasteiger partial charge is 0.310 e. The second kappa shape index (κ2) is 5.92. The molecule has 2 aromatic carbocycles. The number of nitrogens with one attached hydrogen (secondary N) is 1. The Morgan fingerprint density at radius 1 is 1.05 bits per heavy atom. The van der Waals surface area contributed by atoms with Gasteiger partial charge in [-0.15, -0.1) is 0 Å². The van der Waals surface area contributed by atoms with Crippen LogP contribution in [0.25, 0.3) is 10.8 Å². The van der Waals surface area contributed by atoms with Gasteiger partial charge >= 0.3 is 0 Å². The lowest BCUT2D eigenvalue weighted by Crippen LogP contribution is -2.34.